The number of para-hydroxylation sites is 1. The van der Waals surface area contributed by atoms with Gasteiger partial charge in [0.25, 0.3) is 5.91 Å². The van der Waals surface area contributed by atoms with E-state index >= 15 is 0 Å². The molecule has 2 bridgehead atoms. The number of ether oxygens (including phenoxy) is 2. The number of hydrogen-bond acceptors (Lipinski definition) is 9. The fraction of sp³-hybridized carbons (Fsp3) is 0.564. The maximum Gasteiger partial charge on any atom is 0.306 e. The van der Waals surface area contributed by atoms with E-state index in [1.165, 1.54) is 11.0 Å². The molecule has 1 saturated heterocycles. The van der Waals surface area contributed by atoms with Crippen LogP contribution in [0.15, 0.2) is 49.1 Å². The highest BCUT2D eigenvalue weighted by Gasteiger charge is 2.62. The highest BCUT2D eigenvalue weighted by molar-refractivity contribution is 7.91. The topological polar surface area (TPSA) is 161 Å². The summed E-state index contributed by atoms with van der Waals surface area (Å²) in [5.74, 6) is -2.97. The molecule has 4 fully saturated rings. The zero-order valence-electron chi connectivity index (χ0n) is 29.5. The van der Waals surface area contributed by atoms with Gasteiger partial charge >= 0.3 is 5.97 Å². The number of carbonyl (C=O) groups is 4. The van der Waals surface area contributed by atoms with Crippen molar-refractivity contribution in [1.29, 1.82) is 0 Å². The Morgan fingerprint density at radius 1 is 1.04 bits per heavy atom. The zero-order chi connectivity index (χ0) is 36.5. The molecule has 7 rings (SSSR count). The van der Waals surface area contributed by atoms with Gasteiger partial charge in [0.1, 0.15) is 17.7 Å². The van der Waals surface area contributed by atoms with E-state index in [4.69, 9.17) is 14.5 Å². The smallest absolute Gasteiger partial charge is 0.306 e. The fourth-order valence-corrected chi connectivity index (χ4v) is 9.45. The third kappa shape index (κ3) is 7.74. The van der Waals surface area contributed by atoms with E-state index in [1.807, 2.05) is 42.5 Å². The van der Waals surface area contributed by atoms with Gasteiger partial charge in [-0.1, -0.05) is 55.7 Å². The number of hydrogen-bond donors (Lipinski definition) is 2. The number of nitrogens with zero attached hydrogens (tertiary/aromatic N) is 2. The second-order valence-corrected chi connectivity index (χ2v) is 17.0. The summed E-state index contributed by atoms with van der Waals surface area (Å²) in [6.45, 7) is 4.12. The number of aromatic nitrogens is 1. The molecular weight excluding hydrogens is 685 g/mol. The van der Waals surface area contributed by atoms with Crippen LogP contribution in [-0.4, -0.2) is 78.1 Å². The largest absolute Gasteiger partial charge is 0.472 e. The number of amides is 3. The van der Waals surface area contributed by atoms with Crippen LogP contribution in [0.25, 0.3) is 17.0 Å². The summed E-state index contributed by atoms with van der Waals surface area (Å²) in [5, 5.41) is 3.18. The Hall–Kier alpha value is -4.26. The lowest BCUT2D eigenvalue weighted by atomic mass is 9.77. The summed E-state index contributed by atoms with van der Waals surface area (Å²) in [6, 6.07) is 8.68. The molecular formula is C39H48N4O8S. The van der Waals surface area contributed by atoms with Crippen LogP contribution in [0.4, 0.5) is 0 Å². The molecule has 3 aliphatic carbocycles. The van der Waals surface area contributed by atoms with Crippen LogP contribution in [0.3, 0.4) is 0 Å². The number of rotatable bonds is 7. The summed E-state index contributed by atoms with van der Waals surface area (Å²) in [5.41, 5.74) is -0.00108. The number of nitrogens with one attached hydrogen (secondary N) is 2. The van der Waals surface area contributed by atoms with Crippen LogP contribution in [0, 0.1) is 17.8 Å². The van der Waals surface area contributed by atoms with Crippen molar-refractivity contribution < 1.29 is 37.1 Å². The third-order valence-electron chi connectivity index (χ3n) is 11.3. The first-order valence-corrected chi connectivity index (χ1v) is 20.3. The SMILES string of the molecule is C=C[C@@H]1C[C@]1(NC(=O)[C@@H]1C[C@@H]2CN1C(=O)[C@H](C1CCCCC1)CC(=O)OCCCC/C=C/c1cc3ccccc3nc1O2)C(=O)NS(=O)(=O)C1CC1. The quantitative estimate of drug-likeness (QED) is 0.307. The van der Waals surface area contributed by atoms with Gasteiger partial charge in [0.05, 0.1) is 36.3 Å². The van der Waals surface area contributed by atoms with Crippen LogP contribution >= 0.6 is 0 Å². The lowest BCUT2D eigenvalue weighted by Crippen LogP contribution is -2.57. The second kappa shape index (κ2) is 15.0. The van der Waals surface area contributed by atoms with Crippen molar-refractivity contribution in [2.75, 3.05) is 13.2 Å². The molecule has 3 amide bonds. The van der Waals surface area contributed by atoms with E-state index in [0.29, 0.717) is 25.1 Å². The van der Waals surface area contributed by atoms with Crippen molar-refractivity contribution in [2.45, 2.75) is 106 Å². The lowest BCUT2D eigenvalue weighted by molar-refractivity contribution is -0.152. The number of pyridine rings is 1. The normalized spacial score (nSPS) is 29.6. The Bertz CT molecular complexity index is 1870. The number of fused-ring (bicyclic) bond motifs is 4. The summed E-state index contributed by atoms with van der Waals surface area (Å²) in [4.78, 5) is 62.1. The van der Waals surface area contributed by atoms with Gasteiger partial charge < -0.3 is 19.7 Å². The van der Waals surface area contributed by atoms with Gasteiger partial charge in [-0.05, 0) is 69.4 Å². The van der Waals surface area contributed by atoms with Crippen molar-refractivity contribution >= 4 is 50.7 Å². The predicted octanol–water partition coefficient (Wildman–Crippen LogP) is 4.58. The summed E-state index contributed by atoms with van der Waals surface area (Å²) < 4.78 is 39.9. The first kappa shape index (κ1) is 36.1. The van der Waals surface area contributed by atoms with Crippen LogP contribution in [0.5, 0.6) is 5.88 Å². The average Bonchev–Trinajstić information content (AvgIpc) is 4.07. The molecule has 278 valence electrons. The van der Waals surface area contributed by atoms with Crippen LogP contribution in [-0.2, 0) is 33.9 Å². The number of sulfonamides is 1. The zero-order valence-corrected chi connectivity index (χ0v) is 30.3. The number of cyclic esters (lactones) is 1. The molecule has 2 aliphatic heterocycles. The van der Waals surface area contributed by atoms with Crippen molar-refractivity contribution in [1.82, 2.24) is 19.9 Å². The Morgan fingerprint density at radius 2 is 1.83 bits per heavy atom. The van der Waals surface area contributed by atoms with Crippen molar-refractivity contribution in [3.8, 4) is 5.88 Å². The highest BCUT2D eigenvalue weighted by atomic mass is 32.2. The Balaban J connectivity index is 1.21. The van der Waals surface area contributed by atoms with E-state index in [2.05, 4.69) is 16.6 Å². The molecule has 5 atom stereocenters. The molecule has 13 heteroatoms. The van der Waals surface area contributed by atoms with Crippen LogP contribution in [0.1, 0.15) is 89.0 Å². The van der Waals surface area contributed by atoms with Gasteiger partial charge in [-0.15, -0.1) is 6.58 Å². The standard InChI is InChI=1S/C39H48N4O8S/c1-2-28-23-39(28,38(47)42-52(48,49)30-17-18-30)41-35(45)33-21-29-24-43(33)37(46)31(25-12-7-5-8-13-25)22-34(44)50-19-11-4-3-6-15-27-20-26-14-9-10-16-32(26)40-36(27)51-29/h2,6,9-10,14-16,20,25,28-31,33H,1,3-5,7-8,11-13,17-19,21-24H2,(H,41,45)(H,42,47)/b15-6+/t28-,29-,31+,33+,39-/m1/s1. The molecule has 2 aromatic rings. The maximum absolute atomic E-state index is 14.7. The maximum atomic E-state index is 14.7. The van der Waals surface area contributed by atoms with Gasteiger partial charge in [0.15, 0.2) is 0 Å². The number of esters is 1. The second-order valence-electron chi connectivity index (χ2n) is 15.1. The molecule has 0 spiro atoms. The number of allylic oxidation sites excluding steroid dienone is 1. The molecule has 1 aromatic carbocycles. The predicted molar refractivity (Wildman–Crippen MR) is 194 cm³/mol. The summed E-state index contributed by atoms with van der Waals surface area (Å²) in [6.07, 6.45) is 12.9. The molecule has 0 unspecified atom stereocenters. The van der Waals surface area contributed by atoms with Crippen LogP contribution in [0.2, 0.25) is 0 Å². The minimum absolute atomic E-state index is 0.0455. The Kier molecular flexibility index (Phi) is 10.4. The highest BCUT2D eigenvalue weighted by Crippen LogP contribution is 2.46. The van der Waals surface area contributed by atoms with E-state index in [9.17, 15) is 27.6 Å². The minimum Gasteiger partial charge on any atom is -0.472 e. The molecule has 0 radical (unpaired) electrons. The molecule has 12 nitrogen and oxygen atoms in total. The lowest BCUT2D eigenvalue weighted by Gasteiger charge is -2.34. The van der Waals surface area contributed by atoms with E-state index in [1.54, 1.807) is 0 Å². The minimum atomic E-state index is -3.87. The molecule has 5 aliphatic rings. The van der Waals surface area contributed by atoms with E-state index in [-0.39, 0.29) is 44.2 Å². The van der Waals surface area contributed by atoms with Crippen molar-refractivity contribution in [2.24, 2.45) is 17.8 Å². The van der Waals surface area contributed by atoms with Gasteiger partial charge in [-0.3, -0.25) is 23.9 Å². The molecule has 1 aromatic heterocycles. The van der Waals surface area contributed by atoms with E-state index < -0.39 is 62.6 Å². The monoisotopic (exact) mass is 732 g/mol. The van der Waals surface area contributed by atoms with E-state index in [0.717, 1.165) is 61.4 Å². The first-order chi connectivity index (χ1) is 25.1. The molecule has 3 heterocycles. The number of carbonyl (C=O) groups excluding carboxylic acids is 4. The Labute approximate surface area is 304 Å². The molecule has 52 heavy (non-hydrogen) atoms. The number of benzene rings is 1. The van der Waals surface area contributed by atoms with Crippen LogP contribution < -0.4 is 14.8 Å². The average molecular weight is 733 g/mol. The molecule has 2 N–H and O–H groups in total. The summed E-state index contributed by atoms with van der Waals surface area (Å²) >= 11 is 0. The van der Waals surface area contributed by atoms with Gasteiger partial charge in [0.2, 0.25) is 27.7 Å². The Morgan fingerprint density at radius 3 is 2.58 bits per heavy atom. The van der Waals surface area contributed by atoms with Gasteiger partial charge in [-0.25, -0.2) is 13.4 Å². The molecule has 3 saturated carbocycles. The first-order valence-electron chi connectivity index (χ1n) is 18.8. The van der Waals surface area contributed by atoms with Crippen molar-refractivity contribution in [3.05, 3.63) is 54.6 Å². The fourth-order valence-electron chi connectivity index (χ4n) is 8.08. The van der Waals surface area contributed by atoms with Gasteiger partial charge in [0, 0.05) is 23.3 Å². The van der Waals surface area contributed by atoms with Crippen molar-refractivity contribution in [3.63, 3.8) is 0 Å². The summed E-state index contributed by atoms with van der Waals surface area (Å²) in [7, 11) is -3.87. The third-order valence-corrected chi connectivity index (χ3v) is 13.2. The van der Waals surface area contributed by atoms with Gasteiger partial charge in [-0.2, -0.15) is 0 Å².